The first-order valence-corrected chi connectivity index (χ1v) is 4.87. The van der Waals surface area contributed by atoms with Crippen molar-refractivity contribution in [2.45, 2.75) is 12.7 Å². The quantitative estimate of drug-likeness (QED) is 0.844. The van der Waals surface area contributed by atoms with Gasteiger partial charge < -0.3 is 14.6 Å². The van der Waals surface area contributed by atoms with Crippen LogP contribution in [0.25, 0.3) is 0 Å². The molecule has 0 saturated carbocycles. The molecule has 0 aromatic heterocycles. The average Bonchev–Trinajstić information content (AvgIpc) is 2.14. The van der Waals surface area contributed by atoms with Gasteiger partial charge in [0.05, 0.1) is 25.4 Å². The van der Waals surface area contributed by atoms with Crippen molar-refractivity contribution in [1.29, 1.82) is 0 Å². The van der Waals surface area contributed by atoms with Crippen LogP contribution in [0.5, 0.6) is 0 Å². The predicted octanol–water partition coefficient (Wildman–Crippen LogP) is 1.44. The van der Waals surface area contributed by atoms with E-state index in [0.717, 1.165) is 6.07 Å². The van der Waals surface area contributed by atoms with Crippen LogP contribution >= 0.6 is 0 Å². The number of halogens is 1. The second-order valence-electron chi connectivity index (χ2n) is 3.62. The van der Waals surface area contributed by atoms with Crippen molar-refractivity contribution in [2.75, 3.05) is 13.2 Å². The van der Waals surface area contributed by atoms with Crippen LogP contribution in [-0.2, 0) is 16.1 Å². The number of rotatable bonds is 4. The summed E-state index contributed by atoms with van der Waals surface area (Å²) in [6.45, 7) is 1.29. The van der Waals surface area contributed by atoms with E-state index in [1.54, 1.807) is 0 Å². The van der Waals surface area contributed by atoms with E-state index in [1.165, 1.54) is 12.1 Å². The zero-order chi connectivity index (χ0) is 11.5. The molecule has 1 aliphatic heterocycles. The summed E-state index contributed by atoms with van der Waals surface area (Å²) in [7, 11) is 0. The van der Waals surface area contributed by atoms with Gasteiger partial charge in [0.2, 0.25) is 0 Å². The third-order valence-corrected chi connectivity index (χ3v) is 2.30. The number of hydrogen-bond acceptors (Lipinski definition) is 3. The van der Waals surface area contributed by atoms with Crippen molar-refractivity contribution in [3.05, 3.63) is 35.1 Å². The molecule has 2 rings (SSSR count). The summed E-state index contributed by atoms with van der Waals surface area (Å²) in [5.74, 6) is -1.71. The van der Waals surface area contributed by atoms with E-state index < -0.39 is 11.8 Å². The van der Waals surface area contributed by atoms with Crippen LogP contribution in [0.2, 0.25) is 0 Å². The molecule has 5 heteroatoms. The zero-order valence-electron chi connectivity index (χ0n) is 8.48. The fraction of sp³-hybridized carbons (Fsp3) is 0.364. The highest BCUT2D eigenvalue weighted by Gasteiger charge is 2.19. The molecule has 0 atom stereocenters. The number of carboxylic acids is 1. The average molecular weight is 226 g/mol. The lowest BCUT2D eigenvalue weighted by atomic mass is 10.1. The Kier molecular flexibility index (Phi) is 3.17. The van der Waals surface area contributed by atoms with Gasteiger partial charge in [-0.2, -0.15) is 0 Å². The lowest BCUT2D eigenvalue weighted by molar-refractivity contribution is -0.135. The van der Waals surface area contributed by atoms with E-state index in [1.807, 2.05) is 0 Å². The maximum absolute atomic E-state index is 13.1. The second-order valence-corrected chi connectivity index (χ2v) is 3.62. The SMILES string of the molecule is O=C(O)c1cc(F)cc(COC2COC2)c1. The standard InChI is InChI=1S/C11H11FO4/c12-9-2-7(1-8(3-9)11(13)14)4-16-10-5-15-6-10/h1-3,10H,4-6H2,(H,13,14). The van der Waals surface area contributed by atoms with Gasteiger partial charge in [-0.3, -0.25) is 0 Å². The minimum absolute atomic E-state index is 0.0385. The van der Waals surface area contributed by atoms with Gasteiger partial charge in [-0.25, -0.2) is 9.18 Å². The Balaban J connectivity index is 2.04. The summed E-state index contributed by atoms with van der Waals surface area (Å²) >= 11 is 0. The van der Waals surface area contributed by atoms with Crippen LogP contribution in [0.1, 0.15) is 15.9 Å². The van der Waals surface area contributed by atoms with Gasteiger partial charge in [0, 0.05) is 0 Å². The Bertz CT molecular complexity index is 401. The van der Waals surface area contributed by atoms with Crippen molar-refractivity contribution < 1.29 is 23.8 Å². The molecule has 1 aliphatic rings. The summed E-state index contributed by atoms with van der Waals surface area (Å²) in [5.41, 5.74) is 0.452. The Morgan fingerprint density at radius 2 is 2.25 bits per heavy atom. The van der Waals surface area contributed by atoms with E-state index in [-0.39, 0.29) is 18.3 Å². The topological polar surface area (TPSA) is 55.8 Å². The maximum atomic E-state index is 13.1. The molecule has 0 unspecified atom stereocenters. The number of carboxylic acid groups (broad SMARTS) is 1. The first-order chi connectivity index (χ1) is 7.65. The van der Waals surface area contributed by atoms with E-state index in [4.69, 9.17) is 14.6 Å². The molecule has 1 N–H and O–H groups in total. The molecule has 1 fully saturated rings. The lowest BCUT2D eigenvalue weighted by Crippen LogP contribution is -2.35. The van der Waals surface area contributed by atoms with Gasteiger partial charge in [-0.15, -0.1) is 0 Å². The molecule has 0 aliphatic carbocycles. The normalized spacial score (nSPS) is 15.8. The first kappa shape index (κ1) is 11.0. The van der Waals surface area contributed by atoms with Crippen LogP contribution in [0.3, 0.4) is 0 Å². The van der Waals surface area contributed by atoms with Crippen molar-refractivity contribution in [3.63, 3.8) is 0 Å². The Morgan fingerprint density at radius 1 is 1.50 bits per heavy atom. The molecule has 1 saturated heterocycles. The van der Waals surface area contributed by atoms with E-state index in [0.29, 0.717) is 18.8 Å². The molecular weight excluding hydrogens is 215 g/mol. The van der Waals surface area contributed by atoms with Gasteiger partial charge in [-0.1, -0.05) is 0 Å². The van der Waals surface area contributed by atoms with Crippen molar-refractivity contribution in [2.24, 2.45) is 0 Å². The van der Waals surface area contributed by atoms with E-state index in [2.05, 4.69) is 0 Å². The summed E-state index contributed by atoms with van der Waals surface area (Å²) in [4.78, 5) is 10.7. The van der Waals surface area contributed by atoms with Gasteiger partial charge in [0.25, 0.3) is 0 Å². The smallest absolute Gasteiger partial charge is 0.335 e. The molecule has 0 radical (unpaired) electrons. The number of hydrogen-bond donors (Lipinski definition) is 1. The van der Waals surface area contributed by atoms with Gasteiger partial charge >= 0.3 is 5.97 Å². The van der Waals surface area contributed by atoms with Crippen LogP contribution in [0, 0.1) is 5.82 Å². The van der Waals surface area contributed by atoms with Gasteiger partial charge in [-0.05, 0) is 23.8 Å². The highest BCUT2D eigenvalue weighted by atomic mass is 19.1. The van der Waals surface area contributed by atoms with Crippen molar-refractivity contribution >= 4 is 5.97 Å². The highest BCUT2D eigenvalue weighted by Crippen LogP contribution is 2.13. The fourth-order valence-corrected chi connectivity index (χ4v) is 1.38. The Labute approximate surface area is 91.6 Å². The summed E-state index contributed by atoms with van der Waals surface area (Å²) in [6, 6.07) is 3.66. The summed E-state index contributed by atoms with van der Waals surface area (Å²) in [6.07, 6.45) is 0.0385. The number of ether oxygens (including phenoxy) is 2. The monoisotopic (exact) mass is 226 g/mol. The molecule has 86 valence electrons. The molecule has 1 aromatic rings. The zero-order valence-corrected chi connectivity index (χ0v) is 8.48. The maximum Gasteiger partial charge on any atom is 0.335 e. The molecule has 16 heavy (non-hydrogen) atoms. The van der Waals surface area contributed by atoms with Crippen molar-refractivity contribution in [3.8, 4) is 0 Å². The Morgan fingerprint density at radius 3 is 2.81 bits per heavy atom. The number of benzene rings is 1. The summed E-state index contributed by atoms with van der Waals surface area (Å²) < 4.78 is 23.3. The molecule has 0 bridgehead atoms. The lowest BCUT2D eigenvalue weighted by Gasteiger charge is -2.26. The number of carbonyl (C=O) groups is 1. The minimum atomic E-state index is -1.15. The molecule has 1 heterocycles. The van der Waals surface area contributed by atoms with Crippen molar-refractivity contribution in [1.82, 2.24) is 0 Å². The van der Waals surface area contributed by atoms with Crippen LogP contribution in [0.4, 0.5) is 4.39 Å². The van der Waals surface area contributed by atoms with Gasteiger partial charge in [0.15, 0.2) is 0 Å². The Hall–Kier alpha value is -1.46. The molecule has 0 amide bonds. The van der Waals surface area contributed by atoms with Gasteiger partial charge in [0.1, 0.15) is 11.9 Å². The van der Waals surface area contributed by atoms with Crippen LogP contribution in [-0.4, -0.2) is 30.4 Å². The third kappa shape index (κ3) is 2.56. The van der Waals surface area contributed by atoms with E-state index in [9.17, 15) is 9.18 Å². The first-order valence-electron chi connectivity index (χ1n) is 4.87. The minimum Gasteiger partial charge on any atom is -0.478 e. The molecule has 4 nitrogen and oxygen atoms in total. The second kappa shape index (κ2) is 4.59. The van der Waals surface area contributed by atoms with E-state index >= 15 is 0 Å². The fourth-order valence-electron chi connectivity index (χ4n) is 1.38. The third-order valence-electron chi connectivity index (χ3n) is 2.30. The molecular formula is C11H11FO4. The van der Waals surface area contributed by atoms with Crippen LogP contribution in [0.15, 0.2) is 18.2 Å². The summed E-state index contributed by atoms with van der Waals surface area (Å²) in [5, 5.41) is 8.74. The predicted molar refractivity (Wildman–Crippen MR) is 52.8 cm³/mol. The largest absolute Gasteiger partial charge is 0.478 e. The van der Waals surface area contributed by atoms with Crippen LogP contribution < -0.4 is 0 Å². The number of aromatic carboxylic acids is 1. The molecule has 0 spiro atoms. The highest BCUT2D eigenvalue weighted by molar-refractivity contribution is 5.87. The molecule has 1 aromatic carbocycles.